The molecule has 126 valence electrons. The van der Waals surface area contributed by atoms with E-state index in [0.29, 0.717) is 0 Å². The molecule has 2 rings (SSSR count). The summed E-state index contributed by atoms with van der Waals surface area (Å²) in [6.45, 7) is 7.49. The first-order valence-electron chi connectivity index (χ1n) is 7.48. The zero-order valence-electron chi connectivity index (χ0n) is 13.3. The summed E-state index contributed by atoms with van der Waals surface area (Å²) in [5, 5.41) is 0. The van der Waals surface area contributed by atoms with Crippen LogP contribution in [-0.4, -0.2) is 43.0 Å². The van der Waals surface area contributed by atoms with Gasteiger partial charge in [0.15, 0.2) is 0 Å². The van der Waals surface area contributed by atoms with Gasteiger partial charge in [0.2, 0.25) is 5.91 Å². The van der Waals surface area contributed by atoms with Crippen molar-refractivity contribution in [1.29, 1.82) is 0 Å². The molecule has 0 bridgehead atoms. The highest BCUT2D eigenvalue weighted by Gasteiger charge is 2.25. The van der Waals surface area contributed by atoms with E-state index in [-0.39, 0.29) is 36.8 Å². The van der Waals surface area contributed by atoms with Crippen LogP contribution in [0, 0.1) is 6.92 Å². The van der Waals surface area contributed by atoms with E-state index in [2.05, 4.69) is 43.0 Å². The van der Waals surface area contributed by atoms with Gasteiger partial charge in [-0.05, 0) is 25.0 Å². The summed E-state index contributed by atoms with van der Waals surface area (Å²) in [6, 6.07) is 8.07. The van der Waals surface area contributed by atoms with E-state index in [1.165, 1.54) is 11.3 Å². The summed E-state index contributed by atoms with van der Waals surface area (Å²) in [7, 11) is 0. The molecule has 0 aromatic heterocycles. The number of para-hydroxylation sites is 1. The average Bonchev–Trinajstić information content (AvgIpc) is 2.47. The number of benzene rings is 1. The average molecular weight is 348 g/mol. The first-order valence-corrected chi connectivity index (χ1v) is 7.48. The lowest BCUT2D eigenvalue weighted by Crippen LogP contribution is -2.53. The highest BCUT2D eigenvalue weighted by atomic mass is 35.5. The molecule has 1 aliphatic rings. The Morgan fingerprint density at radius 2 is 1.77 bits per heavy atom. The van der Waals surface area contributed by atoms with Crippen molar-refractivity contribution in [1.82, 2.24) is 4.90 Å². The van der Waals surface area contributed by atoms with Gasteiger partial charge in [0.05, 0.1) is 6.04 Å². The van der Waals surface area contributed by atoms with E-state index in [0.717, 1.165) is 39.0 Å². The van der Waals surface area contributed by atoms with Gasteiger partial charge >= 0.3 is 0 Å². The van der Waals surface area contributed by atoms with Crippen LogP contribution in [-0.2, 0) is 4.79 Å². The van der Waals surface area contributed by atoms with Crippen LogP contribution in [0.4, 0.5) is 5.69 Å². The van der Waals surface area contributed by atoms with Crippen LogP contribution in [0.1, 0.15) is 25.3 Å². The van der Waals surface area contributed by atoms with E-state index in [9.17, 15) is 4.79 Å². The summed E-state index contributed by atoms with van der Waals surface area (Å²) in [6.07, 6.45) is 1.73. The minimum atomic E-state index is -0.329. The fourth-order valence-electron chi connectivity index (χ4n) is 2.75. The monoisotopic (exact) mass is 347 g/mol. The molecule has 0 spiro atoms. The number of piperazine rings is 1. The minimum absolute atomic E-state index is 0. The molecule has 1 unspecified atom stereocenters. The van der Waals surface area contributed by atoms with E-state index < -0.39 is 0 Å². The molecule has 1 saturated heterocycles. The standard InChI is InChI=1S/C16H25N3O.2ClH/c1-3-6-14(17)16(20)19-11-9-18(10-12-19)15-8-5-4-7-13(15)2;;/h4-5,7-8,14H,3,6,9-12,17H2,1-2H3;2*1H. The van der Waals surface area contributed by atoms with E-state index >= 15 is 0 Å². The molecular formula is C16H27Cl2N3O. The molecule has 22 heavy (non-hydrogen) atoms. The van der Waals surface area contributed by atoms with Gasteiger partial charge in [0.1, 0.15) is 0 Å². The van der Waals surface area contributed by atoms with Crippen molar-refractivity contribution in [3.05, 3.63) is 29.8 Å². The predicted octanol–water partition coefficient (Wildman–Crippen LogP) is 2.61. The molecule has 1 amide bonds. The molecule has 2 N–H and O–H groups in total. The quantitative estimate of drug-likeness (QED) is 0.910. The molecule has 1 fully saturated rings. The zero-order chi connectivity index (χ0) is 14.5. The maximum atomic E-state index is 12.2. The Labute approximate surface area is 145 Å². The molecule has 6 heteroatoms. The van der Waals surface area contributed by atoms with Gasteiger partial charge in [0.25, 0.3) is 0 Å². The number of nitrogens with zero attached hydrogens (tertiary/aromatic N) is 2. The SMILES string of the molecule is CCCC(N)C(=O)N1CCN(c2ccccc2C)CC1.Cl.Cl. The van der Waals surface area contributed by atoms with Gasteiger partial charge in [-0.2, -0.15) is 0 Å². The number of carbonyl (C=O) groups excluding carboxylic acids is 1. The number of amides is 1. The second-order valence-corrected chi connectivity index (χ2v) is 5.49. The van der Waals surface area contributed by atoms with Crippen LogP contribution >= 0.6 is 24.8 Å². The van der Waals surface area contributed by atoms with Crippen molar-refractivity contribution in [2.45, 2.75) is 32.7 Å². The van der Waals surface area contributed by atoms with E-state index in [1.807, 2.05) is 4.90 Å². The first-order chi connectivity index (χ1) is 9.63. The number of nitrogens with two attached hydrogens (primary N) is 1. The highest BCUT2D eigenvalue weighted by molar-refractivity contribution is 5.85. The van der Waals surface area contributed by atoms with Crippen LogP contribution in [0.25, 0.3) is 0 Å². The van der Waals surface area contributed by atoms with Crippen LogP contribution in [0.5, 0.6) is 0 Å². The van der Waals surface area contributed by atoms with Gasteiger partial charge in [-0.25, -0.2) is 0 Å². The summed E-state index contributed by atoms with van der Waals surface area (Å²) < 4.78 is 0. The third-order valence-electron chi connectivity index (χ3n) is 3.96. The topological polar surface area (TPSA) is 49.6 Å². The van der Waals surface area contributed by atoms with Gasteiger partial charge in [-0.1, -0.05) is 31.5 Å². The third-order valence-corrected chi connectivity index (χ3v) is 3.96. The number of rotatable bonds is 4. The molecule has 4 nitrogen and oxygen atoms in total. The number of aryl methyl sites for hydroxylation is 1. The molecule has 1 aliphatic heterocycles. The van der Waals surface area contributed by atoms with Crippen LogP contribution in [0.3, 0.4) is 0 Å². The zero-order valence-corrected chi connectivity index (χ0v) is 15.0. The Bertz CT molecular complexity index is 462. The summed E-state index contributed by atoms with van der Waals surface area (Å²) in [5.74, 6) is 0.108. The van der Waals surface area contributed by atoms with Gasteiger partial charge in [0, 0.05) is 31.9 Å². The number of anilines is 1. The lowest BCUT2D eigenvalue weighted by atomic mass is 10.1. The Kier molecular flexibility index (Phi) is 9.49. The Morgan fingerprint density at radius 3 is 2.32 bits per heavy atom. The van der Waals surface area contributed by atoms with Crippen molar-refractivity contribution >= 4 is 36.4 Å². The lowest BCUT2D eigenvalue weighted by molar-refractivity contribution is -0.133. The maximum Gasteiger partial charge on any atom is 0.239 e. The normalized spacial score (nSPS) is 15.6. The molecular weight excluding hydrogens is 321 g/mol. The van der Waals surface area contributed by atoms with Gasteiger partial charge in [-0.3, -0.25) is 4.79 Å². The van der Waals surface area contributed by atoms with Crippen molar-refractivity contribution in [3.63, 3.8) is 0 Å². The first kappa shape index (κ1) is 21.0. The van der Waals surface area contributed by atoms with Crippen LogP contribution in [0.2, 0.25) is 0 Å². The highest BCUT2D eigenvalue weighted by Crippen LogP contribution is 2.21. The summed E-state index contributed by atoms with van der Waals surface area (Å²) in [4.78, 5) is 16.4. The molecule has 1 heterocycles. The Balaban J connectivity index is 0.00000220. The Morgan fingerprint density at radius 1 is 1.18 bits per heavy atom. The maximum absolute atomic E-state index is 12.2. The third kappa shape index (κ3) is 5.04. The smallest absolute Gasteiger partial charge is 0.239 e. The largest absolute Gasteiger partial charge is 0.368 e. The number of carbonyl (C=O) groups is 1. The fourth-order valence-corrected chi connectivity index (χ4v) is 2.75. The van der Waals surface area contributed by atoms with Crippen molar-refractivity contribution < 1.29 is 4.79 Å². The second-order valence-electron chi connectivity index (χ2n) is 5.49. The van der Waals surface area contributed by atoms with Crippen molar-refractivity contribution in [2.75, 3.05) is 31.1 Å². The molecule has 0 saturated carbocycles. The fraction of sp³-hybridized carbons (Fsp3) is 0.562. The number of hydrogen-bond acceptors (Lipinski definition) is 3. The van der Waals surface area contributed by atoms with E-state index in [4.69, 9.17) is 5.73 Å². The van der Waals surface area contributed by atoms with Crippen LogP contribution < -0.4 is 10.6 Å². The number of hydrogen-bond donors (Lipinski definition) is 1. The minimum Gasteiger partial charge on any atom is -0.368 e. The molecule has 1 aromatic carbocycles. The molecule has 1 atom stereocenters. The predicted molar refractivity (Wildman–Crippen MR) is 97.4 cm³/mol. The van der Waals surface area contributed by atoms with Gasteiger partial charge < -0.3 is 15.5 Å². The lowest BCUT2D eigenvalue weighted by Gasteiger charge is -2.37. The van der Waals surface area contributed by atoms with E-state index in [1.54, 1.807) is 0 Å². The summed E-state index contributed by atoms with van der Waals surface area (Å²) >= 11 is 0. The van der Waals surface area contributed by atoms with Crippen molar-refractivity contribution in [3.8, 4) is 0 Å². The van der Waals surface area contributed by atoms with Crippen molar-refractivity contribution in [2.24, 2.45) is 5.73 Å². The second kappa shape index (κ2) is 9.93. The molecule has 0 radical (unpaired) electrons. The number of halogens is 2. The Hall–Kier alpha value is -0.970. The molecule has 1 aromatic rings. The molecule has 0 aliphatic carbocycles. The van der Waals surface area contributed by atoms with Crippen LogP contribution in [0.15, 0.2) is 24.3 Å². The van der Waals surface area contributed by atoms with Gasteiger partial charge in [-0.15, -0.1) is 24.8 Å². The summed E-state index contributed by atoms with van der Waals surface area (Å²) in [5.41, 5.74) is 8.49.